The highest BCUT2D eigenvalue weighted by molar-refractivity contribution is 7.07. The molecule has 0 aliphatic carbocycles. The maximum absolute atomic E-state index is 5.32. The lowest BCUT2D eigenvalue weighted by atomic mass is 10.0. The van der Waals surface area contributed by atoms with E-state index < -0.39 is 0 Å². The summed E-state index contributed by atoms with van der Waals surface area (Å²) in [5.41, 5.74) is 1.45. The Bertz CT molecular complexity index is 254. The van der Waals surface area contributed by atoms with E-state index in [0.717, 1.165) is 26.2 Å². The van der Waals surface area contributed by atoms with Crippen molar-refractivity contribution in [1.82, 2.24) is 5.32 Å². The summed E-state index contributed by atoms with van der Waals surface area (Å²) in [6, 6.07) is 2.79. The van der Waals surface area contributed by atoms with Gasteiger partial charge in [-0.05, 0) is 34.7 Å². The third-order valence-corrected chi connectivity index (χ3v) is 3.46. The number of hydrogen-bond acceptors (Lipinski definition) is 3. The third kappa shape index (κ3) is 2.56. The lowest BCUT2D eigenvalue weighted by Gasteiger charge is -2.14. The van der Waals surface area contributed by atoms with Gasteiger partial charge in [-0.2, -0.15) is 11.3 Å². The van der Waals surface area contributed by atoms with Crippen molar-refractivity contribution in [2.24, 2.45) is 0 Å². The molecule has 0 saturated carbocycles. The lowest BCUT2D eigenvalue weighted by Crippen LogP contribution is -2.32. The number of rotatable bonds is 4. The second-order valence-corrected chi connectivity index (χ2v) is 4.71. The number of ether oxygens (including phenoxy) is 1. The van der Waals surface area contributed by atoms with Gasteiger partial charge in [0.2, 0.25) is 0 Å². The zero-order chi connectivity index (χ0) is 9.80. The van der Waals surface area contributed by atoms with Crippen LogP contribution in [0.15, 0.2) is 16.8 Å². The van der Waals surface area contributed by atoms with Gasteiger partial charge in [0, 0.05) is 19.2 Å². The Morgan fingerprint density at radius 3 is 3.29 bits per heavy atom. The van der Waals surface area contributed by atoms with Crippen molar-refractivity contribution in [3.05, 3.63) is 22.4 Å². The van der Waals surface area contributed by atoms with Crippen LogP contribution in [0.1, 0.15) is 24.8 Å². The van der Waals surface area contributed by atoms with Crippen LogP contribution < -0.4 is 5.32 Å². The lowest BCUT2D eigenvalue weighted by molar-refractivity contribution is 0.190. The van der Waals surface area contributed by atoms with Gasteiger partial charge in [0.25, 0.3) is 0 Å². The Morgan fingerprint density at radius 1 is 1.71 bits per heavy atom. The van der Waals surface area contributed by atoms with Crippen LogP contribution in [-0.2, 0) is 4.74 Å². The van der Waals surface area contributed by atoms with E-state index in [-0.39, 0.29) is 0 Å². The quantitative estimate of drug-likeness (QED) is 0.824. The van der Waals surface area contributed by atoms with E-state index in [1.54, 1.807) is 11.3 Å². The summed E-state index contributed by atoms with van der Waals surface area (Å²) in [7, 11) is 0. The summed E-state index contributed by atoms with van der Waals surface area (Å²) in [5, 5.41) is 7.93. The van der Waals surface area contributed by atoms with Crippen LogP contribution in [0.4, 0.5) is 0 Å². The van der Waals surface area contributed by atoms with Crippen molar-refractivity contribution in [1.29, 1.82) is 0 Å². The highest BCUT2D eigenvalue weighted by Gasteiger charge is 2.15. The SMILES string of the molecule is CC(CNC1CCOC1)c1ccsc1. The maximum atomic E-state index is 5.32. The molecule has 1 fully saturated rings. The van der Waals surface area contributed by atoms with Crippen LogP contribution in [0.3, 0.4) is 0 Å². The van der Waals surface area contributed by atoms with Crippen molar-refractivity contribution in [3.63, 3.8) is 0 Å². The summed E-state index contributed by atoms with van der Waals surface area (Å²) in [6.45, 7) is 5.14. The van der Waals surface area contributed by atoms with Crippen LogP contribution in [0.2, 0.25) is 0 Å². The van der Waals surface area contributed by atoms with Gasteiger partial charge in [0.1, 0.15) is 0 Å². The minimum atomic E-state index is 0.580. The minimum absolute atomic E-state index is 0.580. The van der Waals surface area contributed by atoms with E-state index in [0.29, 0.717) is 12.0 Å². The van der Waals surface area contributed by atoms with Crippen molar-refractivity contribution >= 4 is 11.3 Å². The molecule has 0 aromatic carbocycles. The molecule has 0 spiro atoms. The van der Waals surface area contributed by atoms with Gasteiger partial charge in [0.15, 0.2) is 0 Å². The Hall–Kier alpha value is -0.380. The van der Waals surface area contributed by atoms with Gasteiger partial charge in [-0.1, -0.05) is 6.92 Å². The first-order valence-electron chi connectivity index (χ1n) is 5.19. The molecule has 2 rings (SSSR count). The summed E-state index contributed by atoms with van der Waals surface area (Å²) in [6.07, 6.45) is 1.16. The van der Waals surface area contributed by atoms with Crippen LogP contribution in [0, 0.1) is 0 Å². The molecule has 0 bridgehead atoms. The van der Waals surface area contributed by atoms with Gasteiger partial charge in [-0.3, -0.25) is 0 Å². The van der Waals surface area contributed by atoms with E-state index >= 15 is 0 Å². The van der Waals surface area contributed by atoms with Crippen LogP contribution in [0.25, 0.3) is 0 Å². The summed E-state index contributed by atoms with van der Waals surface area (Å²) in [5.74, 6) is 0.613. The largest absolute Gasteiger partial charge is 0.380 e. The molecule has 1 aromatic heterocycles. The van der Waals surface area contributed by atoms with E-state index in [2.05, 4.69) is 29.1 Å². The minimum Gasteiger partial charge on any atom is -0.380 e. The maximum Gasteiger partial charge on any atom is 0.0620 e. The average molecular weight is 211 g/mol. The molecule has 1 aliphatic rings. The van der Waals surface area contributed by atoms with E-state index in [1.807, 2.05) is 0 Å². The van der Waals surface area contributed by atoms with Gasteiger partial charge >= 0.3 is 0 Å². The first-order valence-corrected chi connectivity index (χ1v) is 6.14. The molecule has 1 aliphatic heterocycles. The fourth-order valence-electron chi connectivity index (χ4n) is 1.71. The van der Waals surface area contributed by atoms with Crippen LogP contribution in [-0.4, -0.2) is 25.8 Å². The fraction of sp³-hybridized carbons (Fsp3) is 0.636. The average Bonchev–Trinajstić information content (AvgIpc) is 2.87. The van der Waals surface area contributed by atoms with E-state index in [4.69, 9.17) is 4.74 Å². The molecule has 78 valence electrons. The number of nitrogens with one attached hydrogen (secondary N) is 1. The molecular weight excluding hydrogens is 194 g/mol. The molecule has 1 aromatic rings. The van der Waals surface area contributed by atoms with E-state index in [1.165, 1.54) is 5.56 Å². The zero-order valence-corrected chi connectivity index (χ0v) is 9.35. The Balaban J connectivity index is 1.74. The molecule has 2 nitrogen and oxygen atoms in total. The van der Waals surface area contributed by atoms with E-state index in [9.17, 15) is 0 Å². The molecule has 1 saturated heterocycles. The van der Waals surface area contributed by atoms with Crippen molar-refractivity contribution in [2.75, 3.05) is 19.8 Å². The fourth-order valence-corrected chi connectivity index (χ4v) is 2.49. The molecule has 0 amide bonds. The Labute approximate surface area is 89.3 Å². The molecule has 3 heteroatoms. The van der Waals surface area contributed by atoms with Crippen LogP contribution in [0.5, 0.6) is 0 Å². The second kappa shape index (κ2) is 4.91. The van der Waals surface area contributed by atoms with Crippen molar-refractivity contribution < 1.29 is 4.74 Å². The molecule has 2 unspecified atom stereocenters. The zero-order valence-electron chi connectivity index (χ0n) is 8.53. The Morgan fingerprint density at radius 2 is 2.64 bits per heavy atom. The predicted molar refractivity (Wildman–Crippen MR) is 60.0 cm³/mol. The summed E-state index contributed by atoms with van der Waals surface area (Å²) >= 11 is 1.77. The van der Waals surface area contributed by atoms with Gasteiger partial charge < -0.3 is 10.1 Å². The smallest absolute Gasteiger partial charge is 0.0620 e. The van der Waals surface area contributed by atoms with Crippen LogP contribution >= 0.6 is 11.3 Å². The molecule has 1 N–H and O–H groups in total. The monoisotopic (exact) mass is 211 g/mol. The Kier molecular flexibility index (Phi) is 3.56. The molecule has 2 heterocycles. The molecule has 2 atom stereocenters. The molecular formula is C11H17NOS. The predicted octanol–water partition coefficient (Wildman–Crippen LogP) is 2.23. The second-order valence-electron chi connectivity index (χ2n) is 3.93. The van der Waals surface area contributed by atoms with Gasteiger partial charge in [-0.25, -0.2) is 0 Å². The van der Waals surface area contributed by atoms with Crippen molar-refractivity contribution in [2.45, 2.75) is 25.3 Å². The van der Waals surface area contributed by atoms with Crippen molar-refractivity contribution in [3.8, 4) is 0 Å². The third-order valence-electron chi connectivity index (χ3n) is 2.75. The highest BCUT2D eigenvalue weighted by Crippen LogP contribution is 2.17. The number of hydrogen-bond donors (Lipinski definition) is 1. The van der Waals surface area contributed by atoms with Gasteiger partial charge in [-0.15, -0.1) is 0 Å². The first-order chi connectivity index (χ1) is 6.86. The van der Waals surface area contributed by atoms with Gasteiger partial charge in [0.05, 0.1) is 6.61 Å². The number of thiophene rings is 1. The highest BCUT2D eigenvalue weighted by atomic mass is 32.1. The summed E-state index contributed by atoms with van der Waals surface area (Å²) in [4.78, 5) is 0. The molecule has 14 heavy (non-hydrogen) atoms. The topological polar surface area (TPSA) is 21.3 Å². The first kappa shape index (κ1) is 10.1. The normalized spacial score (nSPS) is 23.9. The standard InChI is InChI=1S/C11H17NOS/c1-9(10-3-5-14-8-10)6-12-11-2-4-13-7-11/h3,5,8-9,11-12H,2,4,6-7H2,1H3. The summed E-state index contributed by atoms with van der Waals surface area (Å²) < 4.78 is 5.32. The molecule has 0 radical (unpaired) electrons.